The second kappa shape index (κ2) is 8.03. The molecule has 0 unspecified atom stereocenters. The first-order chi connectivity index (χ1) is 11.4. The molecular formula is C23H27ClN-. The maximum atomic E-state index is 2.38. The summed E-state index contributed by atoms with van der Waals surface area (Å²) in [6.45, 7) is 8.70. The van der Waals surface area contributed by atoms with Crippen LogP contribution in [-0.4, -0.2) is 11.9 Å². The van der Waals surface area contributed by atoms with E-state index in [1.165, 1.54) is 27.5 Å². The lowest BCUT2D eigenvalue weighted by atomic mass is 9.87. The lowest BCUT2D eigenvalue weighted by Crippen LogP contribution is -3.00. The molecule has 0 aliphatic heterocycles. The summed E-state index contributed by atoms with van der Waals surface area (Å²) in [6.07, 6.45) is 0. The van der Waals surface area contributed by atoms with Crippen LogP contribution >= 0.6 is 0 Å². The Morgan fingerprint density at radius 1 is 0.760 bits per heavy atom. The summed E-state index contributed by atoms with van der Waals surface area (Å²) in [5.41, 5.74) is 4.36. The summed E-state index contributed by atoms with van der Waals surface area (Å²) >= 11 is 0. The molecule has 0 fully saturated rings. The molecule has 0 aliphatic rings. The largest absolute Gasteiger partial charge is 1.00 e. The molecular weight excluding hydrogens is 326 g/mol. The molecule has 0 spiro atoms. The molecule has 0 radical (unpaired) electrons. The lowest BCUT2D eigenvalue weighted by Gasteiger charge is -2.21. The van der Waals surface area contributed by atoms with Gasteiger partial charge in [-0.1, -0.05) is 87.5 Å². The molecule has 3 aromatic carbocycles. The lowest BCUT2D eigenvalue weighted by molar-refractivity contribution is -0.00000539. The van der Waals surface area contributed by atoms with Gasteiger partial charge in [-0.05, 0) is 39.9 Å². The Morgan fingerprint density at radius 3 is 2.08 bits per heavy atom. The van der Waals surface area contributed by atoms with Gasteiger partial charge in [0.05, 0.1) is 0 Å². The van der Waals surface area contributed by atoms with E-state index in [-0.39, 0.29) is 17.8 Å². The first-order valence-electron chi connectivity index (χ1n) is 8.68. The van der Waals surface area contributed by atoms with E-state index in [0.717, 1.165) is 13.1 Å². The fourth-order valence-corrected chi connectivity index (χ4v) is 3.20. The average Bonchev–Trinajstić information content (AvgIpc) is 2.55. The van der Waals surface area contributed by atoms with Crippen molar-refractivity contribution in [3.63, 3.8) is 0 Å². The van der Waals surface area contributed by atoms with E-state index in [9.17, 15) is 0 Å². The van der Waals surface area contributed by atoms with Crippen molar-refractivity contribution in [2.45, 2.75) is 39.3 Å². The molecule has 0 aromatic heterocycles. The topological polar surface area (TPSA) is 3.24 Å². The summed E-state index contributed by atoms with van der Waals surface area (Å²) in [5, 5.41) is 2.67. The molecule has 0 saturated carbocycles. The molecule has 25 heavy (non-hydrogen) atoms. The van der Waals surface area contributed by atoms with Crippen LogP contribution in [0.2, 0.25) is 0 Å². The molecule has 0 atom stereocenters. The van der Waals surface area contributed by atoms with E-state index in [4.69, 9.17) is 0 Å². The predicted octanol–water partition coefficient (Wildman–Crippen LogP) is 2.77. The number of benzene rings is 3. The Labute approximate surface area is 158 Å². The number of hydrogen-bond donors (Lipinski definition) is 0. The smallest absolute Gasteiger partial charge is 0.0240 e. The SMILES string of the molecule is CN(Cc1ccc(C(C)(C)C)cc1)Cc1cccc2ccccc12.[Cl-]. The highest BCUT2D eigenvalue weighted by molar-refractivity contribution is 5.85. The third-order valence-corrected chi connectivity index (χ3v) is 4.59. The predicted molar refractivity (Wildman–Crippen MR) is 104 cm³/mol. The van der Waals surface area contributed by atoms with E-state index >= 15 is 0 Å². The van der Waals surface area contributed by atoms with Gasteiger partial charge in [0.15, 0.2) is 0 Å². The number of halogens is 1. The standard InChI is InChI=1S/C23H27N.ClH/c1-23(2,3)21-14-12-18(13-15-21)16-24(4)17-20-10-7-9-19-8-5-6-11-22(19)20;/h5-15H,16-17H2,1-4H3;1H/p-1. The third-order valence-electron chi connectivity index (χ3n) is 4.59. The van der Waals surface area contributed by atoms with E-state index in [1.807, 2.05) is 0 Å². The summed E-state index contributed by atoms with van der Waals surface area (Å²) in [7, 11) is 2.19. The van der Waals surface area contributed by atoms with Crippen molar-refractivity contribution in [2.75, 3.05) is 7.05 Å². The van der Waals surface area contributed by atoms with Crippen LogP contribution in [0.5, 0.6) is 0 Å². The number of rotatable bonds is 4. The van der Waals surface area contributed by atoms with Gasteiger partial charge < -0.3 is 12.4 Å². The van der Waals surface area contributed by atoms with Crippen molar-refractivity contribution in [2.24, 2.45) is 0 Å². The Balaban J connectivity index is 0.00000225. The van der Waals surface area contributed by atoms with Crippen LogP contribution in [0.15, 0.2) is 66.7 Å². The fourth-order valence-electron chi connectivity index (χ4n) is 3.20. The summed E-state index contributed by atoms with van der Waals surface area (Å²) in [6, 6.07) is 24.3. The van der Waals surface area contributed by atoms with Crippen LogP contribution in [0.4, 0.5) is 0 Å². The molecule has 132 valence electrons. The second-order valence-electron chi connectivity index (χ2n) is 7.76. The molecule has 0 amide bonds. The van der Waals surface area contributed by atoms with E-state index in [1.54, 1.807) is 0 Å². The van der Waals surface area contributed by atoms with Gasteiger partial charge in [-0.2, -0.15) is 0 Å². The summed E-state index contributed by atoms with van der Waals surface area (Å²) in [4.78, 5) is 2.38. The average molecular weight is 353 g/mol. The second-order valence-corrected chi connectivity index (χ2v) is 7.76. The van der Waals surface area contributed by atoms with Gasteiger partial charge in [0.25, 0.3) is 0 Å². The molecule has 3 rings (SSSR count). The van der Waals surface area contributed by atoms with Crippen molar-refractivity contribution in [1.29, 1.82) is 0 Å². The van der Waals surface area contributed by atoms with Gasteiger partial charge >= 0.3 is 0 Å². The van der Waals surface area contributed by atoms with E-state index < -0.39 is 0 Å². The Morgan fingerprint density at radius 2 is 1.40 bits per heavy atom. The van der Waals surface area contributed by atoms with Crippen LogP contribution in [-0.2, 0) is 18.5 Å². The maximum Gasteiger partial charge on any atom is 0.0240 e. The van der Waals surface area contributed by atoms with Crippen molar-refractivity contribution < 1.29 is 12.4 Å². The fraction of sp³-hybridized carbons (Fsp3) is 0.304. The Hall–Kier alpha value is -1.83. The van der Waals surface area contributed by atoms with Crippen LogP contribution in [0.25, 0.3) is 10.8 Å². The van der Waals surface area contributed by atoms with Gasteiger partial charge in [0, 0.05) is 13.1 Å². The van der Waals surface area contributed by atoms with Gasteiger partial charge in [0.1, 0.15) is 0 Å². The minimum absolute atomic E-state index is 0. The molecule has 0 N–H and O–H groups in total. The van der Waals surface area contributed by atoms with E-state index in [2.05, 4.69) is 99.4 Å². The van der Waals surface area contributed by atoms with Gasteiger partial charge in [-0.15, -0.1) is 0 Å². The van der Waals surface area contributed by atoms with Crippen LogP contribution in [0.1, 0.15) is 37.5 Å². The van der Waals surface area contributed by atoms with Crippen LogP contribution in [0.3, 0.4) is 0 Å². The Bertz CT molecular complexity index is 810. The number of fused-ring (bicyclic) bond motifs is 1. The molecule has 3 aromatic rings. The van der Waals surface area contributed by atoms with Gasteiger partial charge in [0.2, 0.25) is 0 Å². The normalized spacial score (nSPS) is 11.6. The van der Waals surface area contributed by atoms with Crippen molar-refractivity contribution >= 4 is 10.8 Å². The zero-order valence-electron chi connectivity index (χ0n) is 15.6. The quantitative estimate of drug-likeness (QED) is 0.698. The molecule has 2 heteroatoms. The van der Waals surface area contributed by atoms with Crippen molar-refractivity contribution in [1.82, 2.24) is 4.90 Å². The van der Waals surface area contributed by atoms with Crippen molar-refractivity contribution in [3.8, 4) is 0 Å². The molecule has 0 aliphatic carbocycles. The molecule has 0 saturated heterocycles. The van der Waals surface area contributed by atoms with Gasteiger partial charge in [-0.25, -0.2) is 0 Å². The Kier molecular flexibility index (Phi) is 6.26. The molecule has 0 heterocycles. The maximum absolute atomic E-state index is 2.38. The first kappa shape index (κ1) is 19.5. The minimum atomic E-state index is 0. The highest BCUT2D eigenvalue weighted by atomic mass is 35.5. The van der Waals surface area contributed by atoms with E-state index in [0.29, 0.717) is 0 Å². The highest BCUT2D eigenvalue weighted by Gasteiger charge is 2.13. The van der Waals surface area contributed by atoms with Gasteiger partial charge in [-0.3, -0.25) is 4.90 Å². The molecule has 0 bridgehead atoms. The monoisotopic (exact) mass is 352 g/mol. The summed E-state index contributed by atoms with van der Waals surface area (Å²) < 4.78 is 0. The van der Waals surface area contributed by atoms with Crippen LogP contribution < -0.4 is 12.4 Å². The summed E-state index contributed by atoms with van der Waals surface area (Å²) in [5.74, 6) is 0. The molecule has 1 nitrogen and oxygen atoms in total. The van der Waals surface area contributed by atoms with Crippen molar-refractivity contribution in [3.05, 3.63) is 83.4 Å². The minimum Gasteiger partial charge on any atom is -1.00 e. The zero-order valence-corrected chi connectivity index (χ0v) is 16.3. The zero-order chi connectivity index (χ0) is 17.2. The van der Waals surface area contributed by atoms with Crippen LogP contribution in [0, 0.1) is 0 Å². The number of hydrogen-bond acceptors (Lipinski definition) is 1. The highest BCUT2D eigenvalue weighted by Crippen LogP contribution is 2.23. The first-order valence-corrected chi connectivity index (χ1v) is 8.68. The number of nitrogens with zero attached hydrogens (tertiary/aromatic N) is 1. The third kappa shape index (κ3) is 4.84.